The number of amides is 4. The summed E-state index contributed by atoms with van der Waals surface area (Å²) in [5.74, 6) is 0.496. The molecule has 4 aromatic rings. The van der Waals surface area contributed by atoms with Crippen LogP contribution in [0.2, 0.25) is 0 Å². The molecule has 2 aromatic heterocycles. The van der Waals surface area contributed by atoms with Crippen LogP contribution in [0, 0.1) is 17.7 Å². The Morgan fingerprint density at radius 3 is 1.82 bits per heavy atom. The molecule has 302 valence electrons. The van der Waals surface area contributed by atoms with Crippen LogP contribution in [0.5, 0.6) is 5.75 Å². The van der Waals surface area contributed by atoms with Crippen molar-refractivity contribution in [2.24, 2.45) is 11.8 Å². The molecule has 0 spiro atoms. The van der Waals surface area contributed by atoms with E-state index >= 15 is 4.39 Å². The summed E-state index contributed by atoms with van der Waals surface area (Å²) in [6.07, 6.45) is 5.04. The number of fused-ring (bicyclic) bond motifs is 3. The van der Waals surface area contributed by atoms with Crippen molar-refractivity contribution in [3.05, 3.63) is 65.8 Å². The third kappa shape index (κ3) is 7.76. The van der Waals surface area contributed by atoms with E-state index in [2.05, 4.69) is 30.6 Å². The number of alkyl carbamates (subject to hydrolysis) is 2. The Labute approximate surface area is 330 Å². The summed E-state index contributed by atoms with van der Waals surface area (Å²) in [4.78, 5) is 70.6. The number of methoxy groups -OCH3 is 2. The van der Waals surface area contributed by atoms with Gasteiger partial charge in [-0.3, -0.25) is 9.59 Å². The van der Waals surface area contributed by atoms with E-state index < -0.39 is 30.1 Å². The highest BCUT2D eigenvalue weighted by atomic mass is 19.1. The number of H-pyrrole nitrogens is 2. The zero-order valence-corrected chi connectivity index (χ0v) is 33.0. The standard InChI is InChI=1S/C41H49FN8O7/c1-21(2)34(47-40(53)55-5)38(51)49-13-7-9-30(49)36-43-18-28(45-36)23-11-12-26-25(15-23)20-57-32-17-24(16-27(42)33(26)32)29-19-44-37(46-29)31-10-8-14-50(31)39(52)35(22(3)4)48-41(54)56-6/h11-12,15-19,21-22,30-31,34-35H,7-10,13-14,20H2,1-6H3,(H,43,45)(H,44,46)(H,47,53)(H,48,54)/t30-,31-,34-,35-/m0/s1. The number of carbonyl (C=O) groups excluding carboxylic acids is 4. The molecule has 0 radical (unpaired) electrons. The Bertz CT molecular complexity index is 2170. The molecule has 4 atom stereocenters. The number of benzene rings is 2. The highest BCUT2D eigenvalue weighted by Crippen LogP contribution is 2.43. The minimum Gasteiger partial charge on any atom is -0.488 e. The zero-order chi connectivity index (χ0) is 40.5. The average Bonchev–Trinajstić information content (AvgIpc) is 4.04. The van der Waals surface area contributed by atoms with Crippen LogP contribution in [0.3, 0.4) is 0 Å². The number of hydrogen-bond donors (Lipinski definition) is 4. The fourth-order valence-electron chi connectivity index (χ4n) is 8.08. The van der Waals surface area contributed by atoms with Crippen molar-refractivity contribution in [3.8, 4) is 39.4 Å². The third-order valence-electron chi connectivity index (χ3n) is 11.1. The van der Waals surface area contributed by atoms with E-state index in [1.807, 2.05) is 45.9 Å². The Hall–Kier alpha value is -5.93. The summed E-state index contributed by atoms with van der Waals surface area (Å²) in [5, 5.41) is 5.33. The number of rotatable bonds is 10. The van der Waals surface area contributed by atoms with Gasteiger partial charge in [-0.15, -0.1) is 0 Å². The summed E-state index contributed by atoms with van der Waals surface area (Å²) < 4.78 is 31.7. The lowest BCUT2D eigenvalue weighted by Gasteiger charge is -2.30. The molecule has 7 rings (SSSR count). The summed E-state index contributed by atoms with van der Waals surface area (Å²) in [6.45, 7) is 8.77. The maximum Gasteiger partial charge on any atom is 0.407 e. The Kier molecular flexibility index (Phi) is 11.2. The van der Waals surface area contributed by atoms with E-state index in [0.717, 1.165) is 41.6 Å². The molecular formula is C41H49FN8O7. The first kappa shape index (κ1) is 39.3. The van der Waals surface area contributed by atoms with Crippen LogP contribution in [0.1, 0.15) is 82.7 Å². The Morgan fingerprint density at radius 2 is 1.32 bits per heavy atom. The van der Waals surface area contributed by atoms with Crippen molar-refractivity contribution >= 4 is 24.0 Å². The normalized spacial score (nSPS) is 18.5. The average molecular weight is 785 g/mol. The van der Waals surface area contributed by atoms with Gasteiger partial charge in [0, 0.05) is 18.7 Å². The topological polar surface area (TPSA) is 184 Å². The SMILES string of the molecule is COC(=O)N[C@H](C(=O)N1CCC[C@H]1c1ncc(-c2ccc3c(c2)COc2cc(-c4cnc([C@@H]5CCCN5C(=O)[C@@H](NC(=O)OC)C(C)C)[nH]4)cc(F)c2-3)[nH]1)C(C)C. The number of aromatic amines is 2. The second-order valence-electron chi connectivity index (χ2n) is 15.5. The van der Waals surface area contributed by atoms with Gasteiger partial charge in [0.1, 0.15) is 41.9 Å². The molecule has 57 heavy (non-hydrogen) atoms. The fourth-order valence-corrected chi connectivity index (χ4v) is 8.08. The van der Waals surface area contributed by atoms with Crippen LogP contribution in [-0.2, 0) is 25.7 Å². The van der Waals surface area contributed by atoms with Gasteiger partial charge < -0.3 is 44.6 Å². The number of ether oxygens (including phenoxy) is 3. The molecule has 4 amide bonds. The van der Waals surface area contributed by atoms with Crippen molar-refractivity contribution in [2.45, 2.75) is 84.2 Å². The summed E-state index contributed by atoms with van der Waals surface area (Å²) in [6, 6.07) is 6.90. The second kappa shape index (κ2) is 16.3. The minimum absolute atomic E-state index is 0.142. The first-order valence-electron chi connectivity index (χ1n) is 19.4. The number of halogens is 1. The lowest BCUT2D eigenvalue weighted by molar-refractivity contribution is -0.136. The molecule has 2 saturated heterocycles. The van der Waals surface area contributed by atoms with E-state index in [0.29, 0.717) is 53.7 Å². The van der Waals surface area contributed by atoms with Crippen LogP contribution in [0.15, 0.2) is 42.7 Å². The first-order chi connectivity index (χ1) is 27.4. The van der Waals surface area contributed by atoms with Gasteiger partial charge in [0.2, 0.25) is 11.8 Å². The van der Waals surface area contributed by atoms with E-state index in [-0.39, 0.29) is 42.3 Å². The van der Waals surface area contributed by atoms with Crippen LogP contribution in [-0.4, -0.2) is 93.1 Å². The molecule has 0 bridgehead atoms. The van der Waals surface area contributed by atoms with Gasteiger partial charge in [0.15, 0.2) is 0 Å². The third-order valence-corrected chi connectivity index (χ3v) is 11.1. The zero-order valence-electron chi connectivity index (χ0n) is 33.0. The highest BCUT2D eigenvalue weighted by Gasteiger charge is 2.39. The fraction of sp³-hybridized carbons (Fsp3) is 0.463. The first-order valence-corrected chi connectivity index (χ1v) is 19.4. The molecule has 2 aromatic carbocycles. The van der Waals surface area contributed by atoms with Crippen molar-refractivity contribution in [2.75, 3.05) is 27.3 Å². The van der Waals surface area contributed by atoms with Crippen LogP contribution in [0.25, 0.3) is 33.6 Å². The molecule has 2 fully saturated rings. The number of nitrogens with one attached hydrogen (secondary N) is 4. The summed E-state index contributed by atoms with van der Waals surface area (Å²) in [5.41, 5.74) is 4.62. The van der Waals surface area contributed by atoms with Crippen molar-refractivity contribution in [1.29, 1.82) is 0 Å². The predicted molar refractivity (Wildman–Crippen MR) is 207 cm³/mol. The molecule has 3 aliphatic rings. The molecule has 0 unspecified atom stereocenters. The maximum atomic E-state index is 16.1. The number of likely N-dealkylation sites (tertiary alicyclic amines) is 2. The molecule has 0 aliphatic carbocycles. The summed E-state index contributed by atoms with van der Waals surface area (Å²) in [7, 11) is 2.53. The number of hydrogen-bond acceptors (Lipinski definition) is 9. The monoisotopic (exact) mass is 784 g/mol. The smallest absolute Gasteiger partial charge is 0.407 e. The predicted octanol–water partition coefficient (Wildman–Crippen LogP) is 6.25. The maximum absolute atomic E-state index is 16.1. The molecule has 4 N–H and O–H groups in total. The van der Waals surface area contributed by atoms with Gasteiger partial charge in [0.25, 0.3) is 0 Å². The van der Waals surface area contributed by atoms with Gasteiger partial charge in [-0.25, -0.2) is 23.9 Å². The molecule has 5 heterocycles. The number of carbonyl (C=O) groups is 4. The van der Waals surface area contributed by atoms with Crippen molar-refractivity contribution in [1.82, 2.24) is 40.4 Å². The molecular weight excluding hydrogens is 735 g/mol. The second-order valence-corrected chi connectivity index (χ2v) is 15.5. The van der Waals surface area contributed by atoms with Crippen molar-refractivity contribution < 1.29 is 37.8 Å². The lowest BCUT2D eigenvalue weighted by Crippen LogP contribution is -2.51. The van der Waals surface area contributed by atoms with Crippen LogP contribution < -0.4 is 15.4 Å². The van der Waals surface area contributed by atoms with Crippen LogP contribution >= 0.6 is 0 Å². The molecule has 15 nitrogen and oxygen atoms in total. The molecule has 0 saturated carbocycles. The molecule has 16 heteroatoms. The molecule has 3 aliphatic heterocycles. The van der Waals surface area contributed by atoms with Gasteiger partial charge in [-0.05, 0) is 72.4 Å². The van der Waals surface area contributed by atoms with E-state index in [1.165, 1.54) is 20.3 Å². The van der Waals surface area contributed by atoms with Gasteiger partial charge in [0.05, 0.1) is 55.6 Å². The lowest BCUT2D eigenvalue weighted by atomic mass is 9.93. The minimum atomic E-state index is -0.753. The number of nitrogens with zero attached hydrogens (tertiary/aromatic N) is 4. The number of aromatic nitrogens is 4. The van der Waals surface area contributed by atoms with Crippen molar-refractivity contribution in [3.63, 3.8) is 0 Å². The van der Waals surface area contributed by atoms with Gasteiger partial charge >= 0.3 is 12.2 Å². The van der Waals surface area contributed by atoms with Crippen LogP contribution in [0.4, 0.5) is 14.0 Å². The quantitative estimate of drug-likeness (QED) is 0.144. The van der Waals surface area contributed by atoms with Gasteiger partial charge in [-0.1, -0.05) is 39.8 Å². The number of imidazole rings is 2. The Balaban J connectivity index is 1.08. The Morgan fingerprint density at radius 1 is 0.789 bits per heavy atom. The van der Waals surface area contributed by atoms with Gasteiger partial charge in [-0.2, -0.15) is 0 Å². The van der Waals surface area contributed by atoms with E-state index in [4.69, 9.17) is 14.2 Å². The van der Waals surface area contributed by atoms with E-state index in [1.54, 1.807) is 28.3 Å². The highest BCUT2D eigenvalue weighted by molar-refractivity contribution is 5.87. The largest absolute Gasteiger partial charge is 0.488 e. The van der Waals surface area contributed by atoms with E-state index in [9.17, 15) is 19.2 Å². The summed E-state index contributed by atoms with van der Waals surface area (Å²) >= 11 is 0.